The molecular formula is C12H12BrN3O3. The normalized spacial score (nSPS) is 19.9. The molecule has 1 heterocycles. The molecule has 0 N–H and O–H groups in total. The molecule has 1 aromatic rings. The molecule has 0 bridgehead atoms. The van der Waals surface area contributed by atoms with Crippen molar-refractivity contribution in [2.75, 3.05) is 19.7 Å². The van der Waals surface area contributed by atoms with Crippen LogP contribution in [0.5, 0.6) is 0 Å². The number of benzene rings is 1. The Bertz CT molecular complexity index is 529. The van der Waals surface area contributed by atoms with E-state index in [2.05, 4.69) is 22.0 Å². The summed E-state index contributed by atoms with van der Waals surface area (Å²) in [5, 5.41) is 19.9. The van der Waals surface area contributed by atoms with Crippen LogP contribution in [-0.4, -0.2) is 35.6 Å². The first-order valence-corrected chi connectivity index (χ1v) is 6.56. The number of hydrogen-bond donors (Lipinski definition) is 0. The van der Waals surface area contributed by atoms with Gasteiger partial charge in [-0.1, -0.05) is 15.9 Å². The molecule has 1 aliphatic heterocycles. The molecule has 0 aromatic heterocycles. The van der Waals surface area contributed by atoms with Crippen LogP contribution in [0.15, 0.2) is 22.7 Å². The van der Waals surface area contributed by atoms with E-state index in [1.165, 1.54) is 6.07 Å². The number of nitro benzene ring substituents is 1. The lowest BCUT2D eigenvalue weighted by molar-refractivity contribution is -0.385. The molecule has 100 valence electrons. The van der Waals surface area contributed by atoms with Crippen LogP contribution in [0.3, 0.4) is 0 Å². The minimum absolute atomic E-state index is 0.0920. The molecule has 1 fully saturated rings. The quantitative estimate of drug-likeness (QED) is 0.628. The summed E-state index contributed by atoms with van der Waals surface area (Å²) in [6.07, 6.45) is -0.455. The highest BCUT2D eigenvalue weighted by molar-refractivity contribution is 9.10. The van der Waals surface area contributed by atoms with Crippen LogP contribution in [0, 0.1) is 21.4 Å². The summed E-state index contributed by atoms with van der Waals surface area (Å²) >= 11 is 3.23. The Morgan fingerprint density at radius 3 is 3.11 bits per heavy atom. The Labute approximate surface area is 118 Å². The van der Waals surface area contributed by atoms with Crippen molar-refractivity contribution < 1.29 is 9.66 Å². The summed E-state index contributed by atoms with van der Waals surface area (Å²) in [7, 11) is 0. The van der Waals surface area contributed by atoms with E-state index < -0.39 is 6.10 Å². The topological polar surface area (TPSA) is 79.4 Å². The van der Waals surface area contributed by atoms with E-state index in [-0.39, 0.29) is 10.6 Å². The molecule has 19 heavy (non-hydrogen) atoms. The first-order chi connectivity index (χ1) is 9.10. The van der Waals surface area contributed by atoms with Crippen LogP contribution in [0.2, 0.25) is 0 Å². The van der Waals surface area contributed by atoms with Crippen molar-refractivity contribution in [3.63, 3.8) is 0 Å². The average molecular weight is 326 g/mol. The highest BCUT2D eigenvalue weighted by Gasteiger charge is 2.23. The molecular weight excluding hydrogens is 314 g/mol. The second kappa shape index (κ2) is 6.10. The van der Waals surface area contributed by atoms with E-state index in [0.717, 1.165) is 0 Å². The van der Waals surface area contributed by atoms with Crippen molar-refractivity contribution in [3.05, 3.63) is 38.3 Å². The van der Waals surface area contributed by atoms with Crippen LogP contribution < -0.4 is 0 Å². The fraction of sp³-hybridized carbons (Fsp3) is 0.417. The van der Waals surface area contributed by atoms with Crippen LogP contribution in [0.25, 0.3) is 0 Å². The number of nitrogens with zero attached hydrogens (tertiary/aromatic N) is 3. The molecule has 7 heteroatoms. The van der Waals surface area contributed by atoms with Gasteiger partial charge < -0.3 is 4.74 Å². The van der Waals surface area contributed by atoms with Crippen LogP contribution in [0.4, 0.5) is 5.69 Å². The third kappa shape index (κ3) is 3.50. The van der Waals surface area contributed by atoms with Gasteiger partial charge in [0.25, 0.3) is 5.69 Å². The number of ether oxygens (including phenoxy) is 1. The van der Waals surface area contributed by atoms with Crippen molar-refractivity contribution >= 4 is 21.6 Å². The highest BCUT2D eigenvalue weighted by atomic mass is 79.9. The molecule has 0 saturated carbocycles. The predicted octanol–water partition coefficient (Wildman–Crippen LogP) is 2.08. The van der Waals surface area contributed by atoms with E-state index in [1.54, 1.807) is 12.1 Å². The molecule has 0 amide bonds. The summed E-state index contributed by atoms with van der Waals surface area (Å²) < 4.78 is 5.93. The summed E-state index contributed by atoms with van der Waals surface area (Å²) in [6.45, 7) is 2.07. The SMILES string of the molecule is N#CC1CN(Cc2ccc(Br)cc2[N+](=O)[O-])CCO1. The summed E-state index contributed by atoms with van der Waals surface area (Å²) in [5.74, 6) is 0. The first-order valence-electron chi connectivity index (χ1n) is 5.76. The molecule has 1 atom stereocenters. The largest absolute Gasteiger partial charge is 0.361 e. The number of nitriles is 1. The van der Waals surface area contributed by atoms with Gasteiger partial charge in [0.2, 0.25) is 0 Å². The Kier molecular flexibility index (Phi) is 4.47. The first kappa shape index (κ1) is 13.9. The van der Waals surface area contributed by atoms with E-state index in [4.69, 9.17) is 10.00 Å². The molecule has 1 aliphatic rings. The van der Waals surface area contributed by atoms with Gasteiger partial charge in [-0.05, 0) is 12.1 Å². The molecule has 0 radical (unpaired) electrons. The third-order valence-corrected chi connectivity index (χ3v) is 3.43. The molecule has 1 aromatic carbocycles. The van der Waals surface area contributed by atoms with Gasteiger partial charge >= 0.3 is 0 Å². The summed E-state index contributed by atoms with van der Waals surface area (Å²) in [4.78, 5) is 12.6. The minimum Gasteiger partial charge on any atom is -0.361 e. The molecule has 1 saturated heterocycles. The van der Waals surface area contributed by atoms with Gasteiger partial charge in [0, 0.05) is 35.7 Å². The van der Waals surface area contributed by atoms with Crippen LogP contribution >= 0.6 is 15.9 Å². The van der Waals surface area contributed by atoms with E-state index in [1.807, 2.05) is 4.90 Å². The highest BCUT2D eigenvalue weighted by Crippen LogP contribution is 2.25. The maximum atomic E-state index is 11.0. The van der Waals surface area contributed by atoms with E-state index in [9.17, 15) is 10.1 Å². The maximum absolute atomic E-state index is 11.0. The van der Waals surface area contributed by atoms with Crippen molar-refractivity contribution in [2.24, 2.45) is 0 Å². The average Bonchev–Trinajstić information content (AvgIpc) is 2.41. The summed E-state index contributed by atoms with van der Waals surface area (Å²) in [5.41, 5.74) is 0.737. The lowest BCUT2D eigenvalue weighted by Gasteiger charge is -2.29. The zero-order chi connectivity index (χ0) is 13.8. The number of hydrogen-bond acceptors (Lipinski definition) is 5. The molecule has 1 unspecified atom stereocenters. The van der Waals surface area contributed by atoms with Gasteiger partial charge in [-0.2, -0.15) is 5.26 Å². The van der Waals surface area contributed by atoms with E-state index >= 15 is 0 Å². The second-order valence-electron chi connectivity index (χ2n) is 4.25. The molecule has 6 nitrogen and oxygen atoms in total. The standard InChI is InChI=1S/C12H12BrN3O3/c13-10-2-1-9(12(5-10)16(17)18)7-15-3-4-19-11(6-14)8-15/h1-2,5,11H,3-4,7-8H2. The smallest absolute Gasteiger partial charge is 0.275 e. The van der Waals surface area contributed by atoms with Gasteiger partial charge in [0.15, 0.2) is 6.10 Å². The van der Waals surface area contributed by atoms with Gasteiger partial charge in [-0.25, -0.2) is 0 Å². The van der Waals surface area contributed by atoms with Gasteiger partial charge in [0.05, 0.1) is 17.6 Å². The fourth-order valence-corrected chi connectivity index (χ4v) is 2.35. The number of morpholine rings is 1. The molecule has 2 rings (SSSR count). The van der Waals surface area contributed by atoms with Crippen molar-refractivity contribution in [3.8, 4) is 6.07 Å². The van der Waals surface area contributed by atoms with Gasteiger partial charge in [-0.15, -0.1) is 0 Å². The van der Waals surface area contributed by atoms with Gasteiger partial charge in [-0.3, -0.25) is 15.0 Å². The molecule has 0 spiro atoms. The zero-order valence-corrected chi connectivity index (χ0v) is 11.7. The number of halogens is 1. The van der Waals surface area contributed by atoms with Crippen molar-refractivity contribution in [2.45, 2.75) is 12.6 Å². The van der Waals surface area contributed by atoms with Crippen molar-refractivity contribution in [1.82, 2.24) is 4.90 Å². The minimum atomic E-state index is -0.455. The molecule has 0 aliphatic carbocycles. The lowest BCUT2D eigenvalue weighted by Crippen LogP contribution is -2.41. The Balaban J connectivity index is 2.15. The van der Waals surface area contributed by atoms with Crippen LogP contribution in [0.1, 0.15) is 5.56 Å². The monoisotopic (exact) mass is 325 g/mol. The lowest BCUT2D eigenvalue weighted by atomic mass is 10.1. The maximum Gasteiger partial charge on any atom is 0.275 e. The Hall–Kier alpha value is -1.49. The number of rotatable bonds is 3. The predicted molar refractivity (Wildman–Crippen MR) is 71.4 cm³/mol. The van der Waals surface area contributed by atoms with E-state index in [0.29, 0.717) is 36.3 Å². The zero-order valence-electron chi connectivity index (χ0n) is 10.1. The van der Waals surface area contributed by atoms with Crippen molar-refractivity contribution in [1.29, 1.82) is 5.26 Å². The summed E-state index contributed by atoms with van der Waals surface area (Å²) in [6, 6.07) is 7.08. The van der Waals surface area contributed by atoms with Crippen LogP contribution in [-0.2, 0) is 11.3 Å². The fourth-order valence-electron chi connectivity index (χ4n) is 2.01. The third-order valence-electron chi connectivity index (χ3n) is 2.93. The Morgan fingerprint density at radius 1 is 1.63 bits per heavy atom. The second-order valence-corrected chi connectivity index (χ2v) is 5.17. The number of nitro groups is 1. The Morgan fingerprint density at radius 2 is 2.42 bits per heavy atom. The van der Waals surface area contributed by atoms with Gasteiger partial charge in [0.1, 0.15) is 0 Å².